The van der Waals surface area contributed by atoms with Gasteiger partial charge in [-0.05, 0) is 44.3 Å². The molecule has 0 aliphatic carbocycles. The van der Waals surface area contributed by atoms with Gasteiger partial charge in [0, 0.05) is 24.8 Å². The van der Waals surface area contributed by atoms with Crippen molar-refractivity contribution >= 4 is 35.6 Å². The maximum atomic E-state index is 5.36. The molecule has 154 valence electrons. The molecule has 0 heterocycles. The Kier molecular flexibility index (Phi) is 10.7. The van der Waals surface area contributed by atoms with Gasteiger partial charge in [0.25, 0.3) is 0 Å². The summed E-state index contributed by atoms with van der Waals surface area (Å²) in [6.45, 7) is 4.36. The molecule has 7 heteroatoms. The lowest BCUT2D eigenvalue weighted by atomic mass is 10.1. The highest BCUT2D eigenvalue weighted by Crippen LogP contribution is 2.29. The SMILES string of the molecule is CCNC(=NCc1ccc(CN(C)C)cc1)Nc1ccc(OC)c(OC)c1.I. The van der Waals surface area contributed by atoms with Crippen LogP contribution < -0.4 is 20.1 Å². The van der Waals surface area contributed by atoms with Crippen molar-refractivity contribution in [2.24, 2.45) is 4.99 Å². The summed E-state index contributed by atoms with van der Waals surface area (Å²) in [4.78, 5) is 6.84. The van der Waals surface area contributed by atoms with Gasteiger partial charge in [-0.25, -0.2) is 4.99 Å². The second kappa shape index (κ2) is 12.5. The van der Waals surface area contributed by atoms with Gasteiger partial charge >= 0.3 is 0 Å². The predicted molar refractivity (Wildman–Crippen MR) is 127 cm³/mol. The monoisotopic (exact) mass is 498 g/mol. The van der Waals surface area contributed by atoms with Crippen molar-refractivity contribution in [3.05, 3.63) is 53.6 Å². The van der Waals surface area contributed by atoms with Crippen LogP contribution in [0.4, 0.5) is 5.69 Å². The molecule has 0 aliphatic heterocycles. The Bertz CT molecular complexity index is 749. The Labute approximate surface area is 185 Å². The molecule has 2 aromatic carbocycles. The van der Waals surface area contributed by atoms with Crippen LogP contribution in [0.1, 0.15) is 18.1 Å². The van der Waals surface area contributed by atoms with E-state index in [0.717, 1.165) is 24.7 Å². The van der Waals surface area contributed by atoms with E-state index in [2.05, 4.69) is 58.9 Å². The quantitative estimate of drug-likeness (QED) is 0.328. The van der Waals surface area contributed by atoms with E-state index in [4.69, 9.17) is 9.47 Å². The molecule has 0 saturated carbocycles. The van der Waals surface area contributed by atoms with Gasteiger partial charge in [0.2, 0.25) is 0 Å². The molecular weight excluding hydrogens is 467 g/mol. The van der Waals surface area contributed by atoms with Crippen LogP contribution in [0.2, 0.25) is 0 Å². The minimum atomic E-state index is 0. The second-order valence-electron chi connectivity index (χ2n) is 6.44. The fraction of sp³-hybridized carbons (Fsp3) is 0.381. The van der Waals surface area contributed by atoms with E-state index in [1.807, 2.05) is 25.1 Å². The van der Waals surface area contributed by atoms with Gasteiger partial charge in [-0.1, -0.05) is 24.3 Å². The van der Waals surface area contributed by atoms with E-state index >= 15 is 0 Å². The van der Waals surface area contributed by atoms with E-state index < -0.39 is 0 Å². The first-order valence-corrected chi connectivity index (χ1v) is 9.05. The number of aliphatic imine (C=N–C) groups is 1. The number of hydrogen-bond acceptors (Lipinski definition) is 4. The number of hydrogen-bond donors (Lipinski definition) is 2. The average molecular weight is 498 g/mol. The van der Waals surface area contributed by atoms with Gasteiger partial charge in [-0.2, -0.15) is 0 Å². The van der Waals surface area contributed by atoms with Crippen LogP contribution in [0.15, 0.2) is 47.5 Å². The topological polar surface area (TPSA) is 58.1 Å². The normalized spacial score (nSPS) is 11.0. The lowest BCUT2D eigenvalue weighted by molar-refractivity contribution is 0.355. The molecule has 0 aliphatic rings. The zero-order valence-corrected chi connectivity index (χ0v) is 19.6. The minimum Gasteiger partial charge on any atom is -0.493 e. The van der Waals surface area contributed by atoms with E-state index in [0.29, 0.717) is 18.0 Å². The fourth-order valence-corrected chi connectivity index (χ4v) is 2.64. The second-order valence-corrected chi connectivity index (χ2v) is 6.44. The largest absolute Gasteiger partial charge is 0.493 e. The third kappa shape index (κ3) is 7.55. The summed E-state index contributed by atoms with van der Waals surface area (Å²) in [5.41, 5.74) is 3.35. The summed E-state index contributed by atoms with van der Waals surface area (Å²) < 4.78 is 10.6. The zero-order valence-electron chi connectivity index (χ0n) is 17.3. The van der Waals surface area contributed by atoms with Gasteiger partial charge in [-0.3, -0.25) is 0 Å². The predicted octanol–water partition coefficient (Wildman–Crippen LogP) is 3.96. The number of nitrogens with one attached hydrogen (secondary N) is 2. The maximum Gasteiger partial charge on any atom is 0.196 e. The van der Waals surface area contributed by atoms with Crippen LogP contribution in [0.3, 0.4) is 0 Å². The van der Waals surface area contributed by atoms with Crippen molar-refractivity contribution in [2.75, 3.05) is 40.2 Å². The molecule has 2 rings (SSSR count). The summed E-state index contributed by atoms with van der Waals surface area (Å²) in [7, 11) is 7.39. The third-order valence-corrected chi connectivity index (χ3v) is 3.93. The van der Waals surface area contributed by atoms with Crippen molar-refractivity contribution in [1.82, 2.24) is 10.2 Å². The molecule has 0 bridgehead atoms. The molecule has 0 atom stereocenters. The lowest BCUT2D eigenvalue weighted by Crippen LogP contribution is -2.30. The molecule has 0 amide bonds. The maximum absolute atomic E-state index is 5.36. The molecule has 0 radical (unpaired) electrons. The average Bonchev–Trinajstić information content (AvgIpc) is 2.67. The minimum absolute atomic E-state index is 0. The summed E-state index contributed by atoms with van der Waals surface area (Å²) in [6.07, 6.45) is 0. The smallest absolute Gasteiger partial charge is 0.196 e. The number of ether oxygens (including phenoxy) is 2. The zero-order chi connectivity index (χ0) is 19.6. The molecule has 0 saturated heterocycles. The third-order valence-electron chi connectivity index (χ3n) is 3.93. The molecule has 28 heavy (non-hydrogen) atoms. The van der Waals surface area contributed by atoms with Gasteiger partial charge in [0.05, 0.1) is 20.8 Å². The molecule has 2 aromatic rings. The number of benzene rings is 2. The van der Waals surface area contributed by atoms with Gasteiger partial charge in [0.15, 0.2) is 17.5 Å². The Hall–Kier alpha value is -2.00. The molecule has 0 fully saturated rings. The van der Waals surface area contributed by atoms with Crippen LogP contribution in [0.25, 0.3) is 0 Å². The van der Waals surface area contributed by atoms with Gasteiger partial charge < -0.3 is 25.0 Å². The summed E-state index contributed by atoms with van der Waals surface area (Å²) >= 11 is 0. The summed E-state index contributed by atoms with van der Waals surface area (Å²) in [5.74, 6) is 2.10. The van der Waals surface area contributed by atoms with Gasteiger partial charge in [-0.15, -0.1) is 24.0 Å². The van der Waals surface area contributed by atoms with E-state index in [1.165, 1.54) is 11.1 Å². The molecule has 0 unspecified atom stereocenters. The number of anilines is 1. The molecular formula is C21H31IN4O2. The number of guanidine groups is 1. The number of halogens is 1. The van der Waals surface area contributed by atoms with Crippen molar-refractivity contribution in [1.29, 1.82) is 0 Å². The van der Waals surface area contributed by atoms with E-state index in [9.17, 15) is 0 Å². The Balaban J connectivity index is 0.00000392. The van der Waals surface area contributed by atoms with Crippen LogP contribution in [0, 0.1) is 0 Å². The molecule has 6 nitrogen and oxygen atoms in total. The Morgan fingerprint density at radius 3 is 2.18 bits per heavy atom. The number of rotatable bonds is 8. The summed E-state index contributed by atoms with van der Waals surface area (Å²) in [6, 6.07) is 14.3. The van der Waals surface area contributed by atoms with Crippen molar-refractivity contribution in [3.8, 4) is 11.5 Å². The lowest BCUT2D eigenvalue weighted by Gasteiger charge is -2.14. The van der Waals surface area contributed by atoms with Crippen LogP contribution in [0.5, 0.6) is 11.5 Å². The van der Waals surface area contributed by atoms with Crippen LogP contribution >= 0.6 is 24.0 Å². The highest BCUT2D eigenvalue weighted by molar-refractivity contribution is 14.0. The fourth-order valence-electron chi connectivity index (χ4n) is 2.64. The molecule has 0 aromatic heterocycles. The standard InChI is InChI=1S/C21H30N4O2.HI/c1-6-22-21(24-18-11-12-19(26-4)20(13-18)27-5)23-14-16-7-9-17(10-8-16)15-25(2)3;/h7-13H,6,14-15H2,1-5H3,(H2,22,23,24);1H. The first-order chi connectivity index (χ1) is 13.0. The van der Waals surface area contributed by atoms with Crippen molar-refractivity contribution < 1.29 is 9.47 Å². The van der Waals surface area contributed by atoms with Crippen molar-refractivity contribution in [3.63, 3.8) is 0 Å². The number of nitrogens with zero attached hydrogens (tertiary/aromatic N) is 2. The summed E-state index contributed by atoms with van der Waals surface area (Å²) in [5, 5.41) is 6.58. The van der Waals surface area contributed by atoms with Gasteiger partial charge in [0.1, 0.15) is 0 Å². The Morgan fingerprint density at radius 2 is 1.61 bits per heavy atom. The molecule has 0 spiro atoms. The molecule has 2 N–H and O–H groups in total. The highest BCUT2D eigenvalue weighted by Gasteiger charge is 2.06. The van der Waals surface area contributed by atoms with Crippen LogP contribution in [-0.2, 0) is 13.1 Å². The number of methoxy groups -OCH3 is 2. The highest BCUT2D eigenvalue weighted by atomic mass is 127. The first kappa shape index (κ1) is 24.0. The Morgan fingerprint density at radius 1 is 0.964 bits per heavy atom. The van der Waals surface area contributed by atoms with Crippen molar-refractivity contribution in [2.45, 2.75) is 20.0 Å². The first-order valence-electron chi connectivity index (χ1n) is 9.05. The van der Waals surface area contributed by atoms with Crippen LogP contribution in [-0.4, -0.2) is 45.7 Å². The van der Waals surface area contributed by atoms with E-state index in [1.54, 1.807) is 14.2 Å². The van der Waals surface area contributed by atoms with E-state index in [-0.39, 0.29) is 24.0 Å².